The second-order valence-electron chi connectivity index (χ2n) is 8.12. The van der Waals surface area contributed by atoms with Crippen molar-refractivity contribution in [3.63, 3.8) is 0 Å². The van der Waals surface area contributed by atoms with E-state index in [2.05, 4.69) is 31.4 Å². The van der Waals surface area contributed by atoms with Crippen molar-refractivity contribution >= 4 is 23.6 Å². The number of thioether (sulfide) groups is 1. The van der Waals surface area contributed by atoms with Crippen LogP contribution in [0.2, 0.25) is 0 Å². The van der Waals surface area contributed by atoms with Crippen LogP contribution < -0.4 is 10.6 Å². The molecule has 1 aromatic rings. The largest absolute Gasteiger partial charge is 0.352 e. The minimum Gasteiger partial charge on any atom is -0.352 e. The quantitative estimate of drug-likeness (QED) is 0.759. The molecule has 0 heterocycles. The topological polar surface area (TPSA) is 58.2 Å². The van der Waals surface area contributed by atoms with Crippen molar-refractivity contribution < 1.29 is 9.59 Å². The summed E-state index contributed by atoms with van der Waals surface area (Å²) in [6, 6.07) is 7.46. The maximum Gasteiger partial charge on any atom is 0.251 e. The number of hydrogen-bond donors (Lipinski definition) is 2. The zero-order chi connectivity index (χ0) is 19.2. The molecule has 1 saturated carbocycles. The van der Waals surface area contributed by atoms with E-state index in [-0.39, 0.29) is 23.3 Å². The van der Waals surface area contributed by atoms with Crippen molar-refractivity contribution in [2.75, 3.05) is 12.0 Å². The summed E-state index contributed by atoms with van der Waals surface area (Å²) in [6.07, 6.45) is 7.09. The third kappa shape index (κ3) is 6.04. The molecule has 0 bridgehead atoms. The maximum atomic E-state index is 12.6. The number of benzene rings is 1. The Balaban J connectivity index is 2.01. The van der Waals surface area contributed by atoms with Crippen LogP contribution >= 0.6 is 11.8 Å². The van der Waals surface area contributed by atoms with Gasteiger partial charge in [0.05, 0.1) is 0 Å². The highest BCUT2D eigenvalue weighted by atomic mass is 32.2. The van der Waals surface area contributed by atoms with E-state index in [9.17, 15) is 9.59 Å². The molecule has 5 heteroatoms. The SMILES string of the molecule is CSCC[C@H](NC(=O)c1ccc(C(C)(C)C)cc1)C(=O)NC1CCCC1. The van der Waals surface area contributed by atoms with Gasteiger partial charge in [-0.2, -0.15) is 11.8 Å². The lowest BCUT2D eigenvalue weighted by Crippen LogP contribution is -2.49. The third-order valence-electron chi connectivity index (χ3n) is 4.95. The molecule has 1 atom stereocenters. The summed E-state index contributed by atoms with van der Waals surface area (Å²) in [6.45, 7) is 6.44. The summed E-state index contributed by atoms with van der Waals surface area (Å²) in [7, 11) is 0. The minimum absolute atomic E-state index is 0.0504. The Hall–Kier alpha value is -1.49. The van der Waals surface area contributed by atoms with Gasteiger partial charge in [0.1, 0.15) is 6.04 Å². The number of nitrogens with one attached hydrogen (secondary N) is 2. The highest BCUT2D eigenvalue weighted by Crippen LogP contribution is 2.22. The Morgan fingerprint density at radius 2 is 1.77 bits per heavy atom. The first-order chi connectivity index (χ1) is 12.3. The van der Waals surface area contributed by atoms with Gasteiger partial charge in [0.15, 0.2) is 0 Å². The molecular formula is C21H32N2O2S. The van der Waals surface area contributed by atoms with E-state index < -0.39 is 6.04 Å². The standard InChI is InChI=1S/C21H32N2O2S/c1-21(2,3)16-11-9-15(10-12-16)19(24)23-18(13-14-26-4)20(25)22-17-7-5-6-8-17/h9-12,17-18H,5-8,13-14H2,1-4H3,(H,22,25)(H,23,24)/t18-/m0/s1. The number of hydrogen-bond acceptors (Lipinski definition) is 3. The average molecular weight is 377 g/mol. The predicted molar refractivity (Wildman–Crippen MR) is 110 cm³/mol. The number of rotatable bonds is 7. The van der Waals surface area contributed by atoms with Gasteiger partial charge in [-0.15, -0.1) is 0 Å². The molecule has 1 aromatic carbocycles. The van der Waals surface area contributed by atoms with Gasteiger partial charge in [0.2, 0.25) is 5.91 Å². The number of carbonyl (C=O) groups excluding carboxylic acids is 2. The summed E-state index contributed by atoms with van der Waals surface area (Å²) in [5.74, 6) is 0.607. The normalized spacial score (nSPS) is 16.3. The first-order valence-corrected chi connectivity index (χ1v) is 10.9. The van der Waals surface area contributed by atoms with Crippen molar-refractivity contribution in [3.05, 3.63) is 35.4 Å². The van der Waals surface area contributed by atoms with Crippen LogP contribution in [0.5, 0.6) is 0 Å². The van der Waals surface area contributed by atoms with Crippen LogP contribution in [0.3, 0.4) is 0 Å². The van der Waals surface area contributed by atoms with Crippen molar-refractivity contribution in [1.82, 2.24) is 10.6 Å². The lowest BCUT2D eigenvalue weighted by atomic mass is 9.86. The van der Waals surface area contributed by atoms with Crippen LogP contribution in [0.1, 0.15) is 68.8 Å². The molecule has 0 aliphatic heterocycles. The average Bonchev–Trinajstić information content (AvgIpc) is 3.10. The lowest BCUT2D eigenvalue weighted by molar-refractivity contribution is -0.123. The van der Waals surface area contributed by atoms with Crippen LogP contribution in [-0.2, 0) is 10.2 Å². The van der Waals surface area contributed by atoms with Crippen molar-refractivity contribution in [1.29, 1.82) is 0 Å². The van der Waals surface area contributed by atoms with Gasteiger partial charge in [0, 0.05) is 11.6 Å². The molecule has 0 saturated heterocycles. The van der Waals surface area contributed by atoms with Crippen LogP contribution in [0, 0.1) is 0 Å². The second kappa shape index (κ2) is 9.45. The molecule has 0 aromatic heterocycles. The summed E-state index contributed by atoms with van der Waals surface area (Å²) in [5.41, 5.74) is 1.84. The van der Waals surface area contributed by atoms with Crippen LogP contribution in [-0.4, -0.2) is 35.9 Å². The molecule has 1 aliphatic rings. The first kappa shape index (κ1) is 20.8. The number of carbonyl (C=O) groups is 2. The van der Waals surface area contributed by atoms with E-state index in [0.717, 1.165) is 18.6 Å². The third-order valence-corrected chi connectivity index (χ3v) is 5.59. The Morgan fingerprint density at radius 1 is 1.15 bits per heavy atom. The molecule has 1 aliphatic carbocycles. The van der Waals surface area contributed by atoms with E-state index in [1.54, 1.807) is 11.8 Å². The fourth-order valence-corrected chi connectivity index (χ4v) is 3.71. The molecule has 0 spiro atoms. The molecule has 2 rings (SSSR count). The molecule has 4 nitrogen and oxygen atoms in total. The monoisotopic (exact) mass is 376 g/mol. The van der Waals surface area contributed by atoms with Gasteiger partial charge in [-0.25, -0.2) is 0 Å². The van der Waals surface area contributed by atoms with E-state index in [4.69, 9.17) is 0 Å². The minimum atomic E-state index is -0.474. The van der Waals surface area contributed by atoms with E-state index >= 15 is 0 Å². The molecule has 1 fully saturated rings. The zero-order valence-corrected chi connectivity index (χ0v) is 17.2. The number of amides is 2. The van der Waals surface area contributed by atoms with Crippen molar-refractivity contribution in [3.8, 4) is 0 Å². The molecule has 0 unspecified atom stereocenters. The predicted octanol–water partition coefficient (Wildman–Crippen LogP) is 3.89. The van der Waals surface area contributed by atoms with Crippen molar-refractivity contribution in [2.24, 2.45) is 0 Å². The summed E-state index contributed by atoms with van der Waals surface area (Å²) in [5, 5.41) is 6.05. The van der Waals surface area contributed by atoms with Crippen LogP contribution in [0.15, 0.2) is 24.3 Å². The maximum absolute atomic E-state index is 12.6. The lowest BCUT2D eigenvalue weighted by Gasteiger charge is -2.22. The van der Waals surface area contributed by atoms with E-state index in [1.165, 1.54) is 18.4 Å². The zero-order valence-electron chi connectivity index (χ0n) is 16.4. The summed E-state index contributed by atoms with van der Waals surface area (Å²) < 4.78 is 0. The first-order valence-electron chi connectivity index (χ1n) is 9.52. The Labute approximate surface area is 161 Å². The molecule has 26 heavy (non-hydrogen) atoms. The molecular weight excluding hydrogens is 344 g/mol. The van der Waals surface area contributed by atoms with Gasteiger partial charge < -0.3 is 10.6 Å². The van der Waals surface area contributed by atoms with Crippen LogP contribution in [0.4, 0.5) is 0 Å². The van der Waals surface area contributed by atoms with Crippen LogP contribution in [0.25, 0.3) is 0 Å². The second-order valence-corrected chi connectivity index (χ2v) is 9.11. The van der Waals surface area contributed by atoms with E-state index in [1.807, 2.05) is 30.5 Å². The summed E-state index contributed by atoms with van der Waals surface area (Å²) in [4.78, 5) is 25.2. The molecule has 2 amide bonds. The fourth-order valence-electron chi connectivity index (χ4n) is 3.24. The Bertz CT molecular complexity index is 601. The van der Waals surface area contributed by atoms with Gasteiger partial charge in [0.25, 0.3) is 5.91 Å². The molecule has 2 N–H and O–H groups in total. The van der Waals surface area contributed by atoms with Gasteiger partial charge in [-0.1, -0.05) is 45.7 Å². The molecule has 144 valence electrons. The van der Waals surface area contributed by atoms with Crippen molar-refractivity contribution in [2.45, 2.75) is 70.4 Å². The van der Waals surface area contributed by atoms with Gasteiger partial charge in [-0.3, -0.25) is 9.59 Å². The molecule has 0 radical (unpaired) electrons. The summed E-state index contributed by atoms with van der Waals surface area (Å²) >= 11 is 1.69. The highest BCUT2D eigenvalue weighted by Gasteiger charge is 2.25. The van der Waals surface area contributed by atoms with Gasteiger partial charge >= 0.3 is 0 Å². The Morgan fingerprint density at radius 3 is 2.31 bits per heavy atom. The van der Waals surface area contributed by atoms with E-state index in [0.29, 0.717) is 12.0 Å². The fraction of sp³-hybridized carbons (Fsp3) is 0.619. The highest BCUT2D eigenvalue weighted by molar-refractivity contribution is 7.98. The smallest absolute Gasteiger partial charge is 0.251 e. The Kier molecular flexibility index (Phi) is 7.56. The van der Waals surface area contributed by atoms with Gasteiger partial charge in [-0.05, 0) is 54.4 Å².